The summed E-state index contributed by atoms with van der Waals surface area (Å²) in [5, 5.41) is 0. The summed E-state index contributed by atoms with van der Waals surface area (Å²) >= 11 is 0. The summed E-state index contributed by atoms with van der Waals surface area (Å²) in [5.74, 6) is 0. The van der Waals surface area contributed by atoms with E-state index in [4.69, 9.17) is 9.47 Å². The van der Waals surface area contributed by atoms with E-state index in [0.717, 1.165) is 0 Å². The summed E-state index contributed by atoms with van der Waals surface area (Å²) in [5.41, 5.74) is 2.43. The Morgan fingerprint density at radius 3 is 1.43 bits per heavy atom. The van der Waals surface area contributed by atoms with Crippen LogP contribution in [0.5, 0.6) is 0 Å². The van der Waals surface area contributed by atoms with Gasteiger partial charge in [-0.25, -0.2) is 0 Å². The van der Waals surface area contributed by atoms with E-state index in [1.807, 2.05) is 36.4 Å². The van der Waals surface area contributed by atoms with E-state index in [1.54, 1.807) is 0 Å². The van der Waals surface area contributed by atoms with Crippen molar-refractivity contribution in [2.24, 2.45) is 5.41 Å². The molecule has 2 heteroatoms. The summed E-state index contributed by atoms with van der Waals surface area (Å²) in [7, 11) is 0. The molecule has 0 heterocycles. The van der Waals surface area contributed by atoms with Crippen LogP contribution in [0, 0.1) is 5.41 Å². The maximum Gasteiger partial charge on any atom is 0.0717 e. The molecule has 0 aliphatic carbocycles. The van der Waals surface area contributed by atoms with Crippen molar-refractivity contribution >= 4 is 0 Å². The second-order valence-corrected chi connectivity index (χ2v) is 6.12. The highest BCUT2D eigenvalue weighted by Crippen LogP contribution is 2.18. The molecular formula is C19H24O2. The maximum absolute atomic E-state index is 5.81. The molecule has 0 fully saturated rings. The first-order valence-electron chi connectivity index (χ1n) is 7.39. The molecule has 112 valence electrons. The van der Waals surface area contributed by atoms with Crippen LogP contribution in [0.2, 0.25) is 0 Å². The van der Waals surface area contributed by atoms with Crippen molar-refractivity contribution in [3.05, 3.63) is 71.8 Å². The number of hydrogen-bond acceptors (Lipinski definition) is 2. The molecule has 2 aromatic carbocycles. The standard InChI is InChI=1S/C19H24O2/c1-19(2,15-20-13-17-9-5-3-6-10-17)16-21-14-18-11-7-4-8-12-18/h3-12H,13-16H2,1-2H3. The molecule has 0 amide bonds. The molecule has 0 atom stereocenters. The van der Waals surface area contributed by atoms with Gasteiger partial charge in [0.1, 0.15) is 0 Å². The minimum Gasteiger partial charge on any atom is -0.376 e. The lowest BCUT2D eigenvalue weighted by Gasteiger charge is -2.24. The molecule has 2 aromatic rings. The number of ether oxygens (including phenoxy) is 2. The van der Waals surface area contributed by atoms with Crippen LogP contribution in [-0.4, -0.2) is 13.2 Å². The number of rotatable bonds is 8. The Morgan fingerprint density at radius 1 is 0.667 bits per heavy atom. The van der Waals surface area contributed by atoms with Crippen LogP contribution in [-0.2, 0) is 22.7 Å². The molecule has 0 saturated carbocycles. The zero-order valence-corrected chi connectivity index (χ0v) is 12.9. The average molecular weight is 284 g/mol. The summed E-state index contributed by atoms with van der Waals surface area (Å²) in [4.78, 5) is 0. The quantitative estimate of drug-likeness (QED) is 0.713. The van der Waals surface area contributed by atoms with E-state index in [1.165, 1.54) is 11.1 Å². The minimum absolute atomic E-state index is 0.0174. The SMILES string of the molecule is CC(C)(COCc1ccccc1)COCc1ccccc1. The zero-order chi connectivity index (χ0) is 15.0. The van der Waals surface area contributed by atoms with Gasteiger partial charge < -0.3 is 9.47 Å². The van der Waals surface area contributed by atoms with Gasteiger partial charge >= 0.3 is 0 Å². The highest BCUT2D eigenvalue weighted by atomic mass is 16.5. The van der Waals surface area contributed by atoms with E-state index in [2.05, 4.69) is 38.1 Å². The van der Waals surface area contributed by atoms with Crippen molar-refractivity contribution in [1.82, 2.24) is 0 Å². The Morgan fingerprint density at radius 2 is 1.05 bits per heavy atom. The van der Waals surface area contributed by atoms with Crippen LogP contribution >= 0.6 is 0 Å². The van der Waals surface area contributed by atoms with E-state index in [-0.39, 0.29) is 5.41 Å². The first kappa shape index (κ1) is 15.7. The summed E-state index contributed by atoms with van der Waals surface area (Å²) in [6, 6.07) is 20.5. The van der Waals surface area contributed by atoms with E-state index < -0.39 is 0 Å². The monoisotopic (exact) mass is 284 g/mol. The molecular weight excluding hydrogens is 260 g/mol. The second kappa shape index (κ2) is 7.96. The third kappa shape index (κ3) is 6.11. The van der Waals surface area contributed by atoms with Gasteiger partial charge in [-0.05, 0) is 11.1 Å². The van der Waals surface area contributed by atoms with E-state index >= 15 is 0 Å². The fraction of sp³-hybridized carbons (Fsp3) is 0.368. The molecule has 0 spiro atoms. The third-order valence-electron chi connectivity index (χ3n) is 3.21. The minimum atomic E-state index is 0.0174. The van der Waals surface area contributed by atoms with Gasteiger partial charge in [-0.3, -0.25) is 0 Å². The van der Waals surface area contributed by atoms with Crippen LogP contribution in [0.25, 0.3) is 0 Å². The number of hydrogen-bond donors (Lipinski definition) is 0. The largest absolute Gasteiger partial charge is 0.376 e. The molecule has 0 N–H and O–H groups in total. The van der Waals surface area contributed by atoms with Crippen molar-refractivity contribution < 1.29 is 9.47 Å². The Bertz CT molecular complexity index is 458. The first-order valence-corrected chi connectivity index (χ1v) is 7.39. The summed E-state index contributed by atoms with van der Waals surface area (Å²) < 4.78 is 11.6. The van der Waals surface area contributed by atoms with Crippen LogP contribution in [0.1, 0.15) is 25.0 Å². The van der Waals surface area contributed by atoms with Crippen LogP contribution in [0.3, 0.4) is 0 Å². The topological polar surface area (TPSA) is 18.5 Å². The summed E-state index contributed by atoms with van der Waals surface area (Å²) in [6.45, 7) is 7.03. The Balaban J connectivity index is 1.67. The van der Waals surface area contributed by atoms with Crippen LogP contribution < -0.4 is 0 Å². The Labute approximate surface area is 127 Å². The normalized spacial score (nSPS) is 11.5. The van der Waals surface area contributed by atoms with Gasteiger partial charge in [-0.15, -0.1) is 0 Å². The maximum atomic E-state index is 5.81. The first-order chi connectivity index (χ1) is 10.2. The van der Waals surface area contributed by atoms with Crippen molar-refractivity contribution in [3.8, 4) is 0 Å². The molecule has 0 unspecified atom stereocenters. The van der Waals surface area contributed by atoms with Gasteiger partial charge in [0.2, 0.25) is 0 Å². The van der Waals surface area contributed by atoms with Crippen LogP contribution in [0.4, 0.5) is 0 Å². The molecule has 2 rings (SSSR count). The Kier molecular flexibility index (Phi) is 5.97. The fourth-order valence-corrected chi connectivity index (χ4v) is 2.08. The highest BCUT2D eigenvalue weighted by Gasteiger charge is 2.18. The Hall–Kier alpha value is -1.64. The van der Waals surface area contributed by atoms with Crippen molar-refractivity contribution in [3.63, 3.8) is 0 Å². The number of benzene rings is 2. The second-order valence-electron chi connectivity index (χ2n) is 6.12. The molecule has 0 bridgehead atoms. The fourth-order valence-electron chi connectivity index (χ4n) is 2.08. The highest BCUT2D eigenvalue weighted by molar-refractivity contribution is 5.14. The molecule has 0 aromatic heterocycles. The van der Waals surface area contributed by atoms with Gasteiger partial charge in [-0.2, -0.15) is 0 Å². The lowest BCUT2D eigenvalue weighted by Crippen LogP contribution is -2.25. The smallest absolute Gasteiger partial charge is 0.0717 e. The van der Waals surface area contributed by atoms with Gasteiger partial charge in [0, 0.05) is 5.41 Å². The molecule has 2 nitrogen and oxygen atoms in total. The molecule has 0 aliphatic rings. The van der Waals surface area contributed by atoms with Gasteiger partial charge in [0.15, 0.2) is 0 Å². The predicted octanol–water partition coefficient (Wildman–Crippen LogP) is 4.45. The predicted molar refractivity (Wildman–Crippen MR) is 86.0 cm³/mol. The zero-order valence-electron chi connectivity index (χ0n) is 12.9. The van der Waals surface area contributed by atoms with Crippen molar-refractivity contribution in [1.29, 1.82) is 0 Å². The van der Waals surface area contributed by atoms with E-state index in [0.29, 0.717) is 26.4 Å². The lowest BCUT2D eigenvalue weighted by atomic mass is 9.96. The molecule has 0 saturated heterocycles. The van der Waals surface area contributed by atoms with E-state index in [9.17, 15) is 0 Å². The van der Waals surface area contributed by atoms with Gasteiger partial charge in [0.05, 0.1) is 26.4 Å². The third-order valence-corrected chi connectivity index (χ3v) is 3.21. The van der Waals surface area contributed by atoms with Gasteiger partial charge in [-0.1, -0.05) is 74.5 Å². The van der Waals surface area contributed by atoms with Crippen molar-refractivity contribution in [2.75, 3.05) is 13.2 Å². The molecule has 0 radical (unpaired) electrons. The summed E-state index contributed by atoms with van der Waals surface area (Å²) in [6.07, 6.45) is 0. The molecule has 0 aliphatic heterocycles. The lowest BCUT2D eigenvalue weighted by molar-refractivity contribution is -0.0142. The molecule has 21 heavy (non-hydrogen) atoms. The van der Waals surface area contributed by atoms with Crippen LogP contribution in [0.15, 0.2) is 60.7 Å². The van der Waals surface area contributed by atoms with Gasteiger partial charge in [0.25, 0.3) is 0 Å². The average Bonchev–Trinajstić information content (AvgIpc) is 2.49. The van der Waals surface area contributed by atoms with Crippen molar-refractivity contribution in [2.45, 2.75) is 27.1 Å².